The maximum atomic E-state index is 13.7. The second-order valence-corrected chi connectivity index (χ2v) is 11.1. The highest BCUT2D eigenvalue weighted by atomic mass is 32.2. The van der Waals surface area contributed by atoms with E-state index >= 15 is 0 Å². The van der Waals surface area contributed by atoms with E-state index in [1.165, 1.54) is 18.2 Å². The molecule has 0 bridgehead atoms. The molecular formula is C28H33N7O3S. The number of aliphatic hydroxyl groups is 1. The topological polar surface area (TPSA) is 134 Å². The van der Waals surface area contributed by atoms with Crippen molar-refractivity contribution in [3.05, 3.63) is 65.7 Å². The predicted molar refractivity (Wildman–Crippen MR) is 150 cm³/mol. The van der Waals surface area contributed by atoms with Gasteiger partial charge < -0.3 is 15.7 Å². The number of aromatic nitrogens is 4. The molecule has 1 fully saturated rings. The van der Waals surface area contributed by atoms with Gasteiger partial charge in [0.15, 0.2) is 0 Å². The van der Waals surface area contributed by atoms with E-state index in [1.54, 1.807) is 17.8 Å². The summed E-state index contributed by atoms with van der Waals surface area (Å²) in [5.74, 6) is -0.335. The lowest BCUT2D eigenvalue weighted by Gasteiger charge is -2.30. The van der Waals surface area contributed by atoms with Gasteiger partial charge in [0, 0.05) is 23.9 Å². The lowest BCUT2D eigenvalue weighted by atomic mass is 9.84. The summed E-state index contributed by atoms with van der Waals surface area (Å²) >= 11 is 1.33. The van der Waals surface area contributed by atoms with Crippen molar-refractivity contribution in [1.82, 2.24) is 25.5 Å². The van der Waals surface area contributed by atoms with E-state index < -0.39 is 30.0 Å². The van der Waals surface area contributed by atoms with Gasteiger partial charge in [0.1, 0.15) is 0 Å². The van der Waals surface area contributed by atoms with Crippen LogP contribution in [0.2, 0.25) is 0 Å². The molecular weight excluding hydrogens is 514 g/mol. The van der Waals surface area contributed by atoms with E-state index in [0.717, 1.165) is 36.8 Å². The zero-order valence-electron chi connectivity index (χ0n) is 21.9. The summed E-state index contributed by atoms with van der Waals surface area (Å²) in [4.78, 5) is 31.7. The number of aliphatic imine (C=N–C) groups is 1. The second-order valence-electron chi connectivity index (χ2n) is 10.1. The summed E-state index contributed by atoms with van der Waals surface area (Å²) in [6, 6.07) is 15.1. The van der Waals surface area contributed by atoms with Crippen LogP contribution in [-0.4, -0.2) is 66.8 Å². The van der Waals surface area contributed by atoms with Crippen molar-refractivity contribution in [1.29, 1.82) is 0 Å². The summed E-state index contributed by atoms with van der Waals surface area (Å²) in [5.41, 5.74) is 2.74. The van der Waals surface area contributed by atoms with Gasteiger partial charge in [-0.05, 0) is 28.8 Å². The smallest absolute Gasteiger partial charge is 0.258 e. The quantitative estimate of drug-likeness (QED) is 0.277. The minimum Gasteiger partial charge on any atom is -0.390 e. The lowest BCUT2D eigenvalue weighted by molar-refractivity contribution is -0.129. The normalized spacial score (nSPS) is 19.3. The third-order valence-corrected chi connectivity index (χ3v) is 8.42. The third kappa shape index (κ3) is 6.54. The number of anilines is 1. The van der Waals surface area contributed by atoms with Crippen LogP contribution in [0.15, 0.2) is 64.7 Å². The van der Waals surface area contributed by atoms with Crippen LogP contribution >= 0.6 is 11.8 Å². The predicted octanol–water partition coefficient (Wildman–Crippen LogP) is 2.98. The lowest BCUT2D eigenvalue weighted by Crippen LogP contribution is -2.51. The summed E-state index contributed by atoms with van der Waals surface area (Å²) in [6.45, 7) is 0. The molecule has 3 atom stereocenters. The van der Waals surface area contributed by atoms with Crippen LogP contribution in [0, 0.1) is 5.92 Å². The summed E-state index contributed by atoms with van der Waals surface area (Å²) in [6.07, 6.45) is 5.41. The zero-order chi connectivity index (χ0) is 27.2. The first-order chi connectivity index (χ1) is 19.0. The Kier molecular flexibility index (Phi) is 8.67. The van der Waals surface area contributed by atoms with Crippen molar-refractivity contribution in [3.63, 3.8) is 0 Å². The minimum atomic E-state index is -1.30. The van der Waals surface area contributed by atoms with Crippen molar-refractivity contribution < 1.29 is 14.7 Å². The van der Waals surface area contributed by atoms with Crippen LogP contribution < -0.4 is 10.6 Å². The average molecular weight is 548 g/mol. The Labute approximate surface area is 231 Å². The number of carbonyl (C=O) groups is 2. The van der Waals surface area contributed by atoms with Crippen molar-refractivity contribution in [2.24, 2.45) is 18.0 Å². The van der Waals surface area contributed by atoms with Crippen molar-refractivity contribution in [2.45, 2.75) is 61.9 Å². The molecule has 1 aliphatic carbocycles. The van der Waals surface area contributed by atoms with Gasteiger partial charge in [-0.15, -0.1) is 5.10 Å². The van der Waals surface area contributed by atoms with Crippen LogP contribution in [0.5, 0.6) is 0 Å². The van der Waals surface area contributed by atoms with Gasteiger partial charge in [-0.25, -0.2) is 4.68 Å². The van der Waals surface area contributed by atoms with E-state index in [4.69, 9.17) is 4.99 Å². The Bertz CT molecular complexity index is 1320. The Morgan fingerprint density at radius 3 is 2.62 bits per heavy atom. The van der Waals surface area contributed by atoms with Crippen LogP contribution in [0.4, 0.5) is 5.69 Å². The molecule has 2 aromatic carbocycles. The van der Waals surface area contributed by atoms with E-state index in [9.17, 15) is 14.7 Å². The molecule has 11 heteroatoms. The van der Waals surface area contributed by atoms with Crippen molar-refractivity contribution in [2.75, 3.05) is 11.1 Å². The largest absolute Gasteiger partial charge is 0.390 e. The van der Waals surface area contributed by atoms with Gasteiger partial charge in [-0.2, -0.15) is 0 Å². The first-order valence-electron chi connectivity index (χ1n) is 13.4. The van der Waals surface area contributed by atoms with Crippen LogP contribution in [-0.2, 0) is 16.6 Å². The first-order valence-corrected chi connectivity index (χ1v) is 14.3. The zero-order valence-corrected chi connectivity index (χ0v) is 22.7. The molecule has 2 unspecified atom stereocenters. The Morgan fingerprint density at radius 1 is 1.13 bits per heavy atom. The summed E-state index contributed by atoms with van der Waals surface area (Å²) < 4.78 is 1.54. The molecule has 3 aromatic rings. The number of para-hydroxylation sites is 1. The first kappa shape index (κ1) is 27.0. The Morgan fingerprint density at radius 2 is 1.87 bits per heavy atom. The fourth-order valence-corrected chi connectivity index (χ4v) is 6.11. The number of hydrogen-bond donors (Lipinski definition) is 3. The van der Waals surface area contributed by atoms with Crippen LogP contribution in [0.3, 0.4) is 0 Å². The highest BCUT2D eigenvalue weighted by Crippen LogP contribution is 2.29. The number of thioether (sulfide) groups is 1. The molecule has 1 saturated carbocycles. The number of nitrogens with one attached hydrogen (secondary N) is 2. The molecule has 2 amide bonds. The van der Waals surface area contributed by atoms with E-state index in [2.05, 4.69) is 26.2 Å². The number of amides is 2. The summed E-state index contributed by atoms with van der Waals surface area (Å²) in [7, 11) is 1.74. The van der Waals surface area contributed by atoms with Gasteiger partial charge in [-0.1, -0.05) is 92.4 Å². The van der Waals surface area contributed by atoms with Crippen LogP contribution in [0.1, 0.15) is 49.7 Å². The van der Waals surface area contributed by atoms with Crippen LogP contribution in [0.25, 0.3) is 0 Å². The number of tetrazole rings is 1. The molecule has 2 heterocycles. The molecule has 0 radical (unpaired) electrons. The average Bonchev–Trinajstić information content (AvgIpc) is 3.30. The van der Waals surface area contributed by atoms with E-state index in [-0.39, 0.29) is 0 Å². The molecule has 3 N–H and O–H groups in total. The minimum absolute atomic E-state index is 0.298. The number of carbonyl (C=O) groups excluding carboxylic acids is 2. The number of fused-ring (bicyclic) bond motifs is 1. The maximum Gasteiger partial charge on any atom is 0.258 e. The Balaban J connectivity index is 1.39. The monoisotopic (exact) mass is 547 g/mol. The molecule has 1 aliphatic heterocycles. The molecule has 0 saturated heterocycles. The molecule has 1 aromatic heterocycles. The van der Waals surface area contributed by atoms with Gasteiger partial charge >= 0.3 is 0 Å². The maximum absolute atomic E-state index is 13.7. The van der Waals surface area contributed by atoms with Gasteiger partial charge in [0.25, 0.3) is 11.8 Å². The molecule has 204 valence electrons. The number of benzene rings is 2. The van der Waals surface area contributed by atoms with E-state index in [0.29, 0.717) is 34.6 Å². The molecule has 39 heavy (non-hydrogen) atoms. The Hall–Kier alpha value is -3.57. The number of rotatable bonds is 9. The SMILES string of the molecule is Cn1nnnc1SCC(O)[C@H](CC1CCCCC1)NC(=O)C1N=C(c2ccccc2)c2ccccc2NC1=O. The summed E-state index contributed by atoms with van der Waals surface area (Å²) in [5, 5.41) is 29.1. The standard InChI is InChI=1S/C28H33N7O3S/c1-35-28(32-33-34-35)39-17-23(36)22(16-18-10-4-2-5-11-18)30-27(38)25-26(37)29-21-15-9-8-14-20(21)24(31-25)19-12-6-3-7-13-19/h3,6-9,12-15,18,22-23,25,36H,2,4-5,10-11,16-17H2,1H3,(H,29,37)(H,30,38)/t22-,23?,25?/m0/s1. The highest BCUT2D eigenvalue weighted by Gasteiger charge is 2.34. The number of nitrogens with zero attached hydrogens (tertiary/aromatic N) is 5. The fourth-order valence-electron chi connectivity index (χ4n) is 5.24. The van der Waals surface area contributed by atoms with Gasteiger partial charge in [0.05, 0.1) is 23.5 Å². The van der Waals surface area contributed by atoms with Gasteiger partial charge in [0.2, 0.25) is 11.2 Å². The van der Waals surface area contributed by atoms with E-state index in [1.807, 2.05) is 48.5 Å². The highest BCUT2D eigenvalue weighted by molar-refractivity contribution is 7.99. The fraction of sp³-hybridized carbons (Fsp3) is 0.429. The number of hydrogen-bond acceptors (Lipinski definition) is 8. The number of aliphatic hydroxyl groups excluding tert-OH is 1. The second kappa shape index (κ2) is 12.5. The molecule has 2 aliphatic rings. The number of benzodiazepines with no additional fused rings is 1. The molecule has 5 rings (SSSR count). The number of aryl methyl sites for hydroxylation is 1. The molecule has 10 nitrogen and oxygen atoms in total. The van der Waals surface area contributed by atoms with Crippen molar-refractivity contribution in [3.8, 4) is 0 Å². The van der Waals surface area contributed by atoms with Gasteiger partial charge in [-0.3, -0.25) is 14.6 Å². The molecule has 0 spiro atoms. The third-order valence-electron chi connectivity index (χ3n) is 7.31. The van der Waals surface area contributed by atoms with Crippen molar-refractivity contribution >= 4 is 35.0 Å².